The quantitative estimate of drug-likeness (QED) is 0.894. The van der Waals surface area contributed by atoms with Crippen molar-refractivity contribution in [1.82, 2.24) is 0 Å². The molecule has 2 aromatic carbocycles. The molecule has 0 radical (unpaired) electrons. The van der Waals surface area contributed by atoms with E-state index in [9.17, 15) is 4.39 Å². The van der Waals surface area contributed by atoms with Crippen molar-refractivity contribution >= 4 is 15.9 Å². The summed E-state index contributed by atoms with van der Waals surface area (Å²) in [7, 11) is 0. The van der Waals surface area contributed by atoms with Crippen molar-refractivity contribution in [2.75, 3.05) is 0 Å². The molecule has 0 aromatic heterocycles. The van der Waals surface area contributed by atoms with E-state index in [0.717, 1.165) is 10.9 Å². The number of hydrogen-bond acceptors (Lipinski definition) is 1. The van der Waals surface area contributed by atoms with Gasteiger partial charge in [-0.1, -0.05) is 40.2 Å². The van der Waals surface area contributed by atoms with Crippen LogP contribution in [0.3, 0.4) is 0 Å². The number of fused-ring (bicyclic) bond motifs is 1. The van der Waals surface area contributed by atoms with Crippen molar-refractivity contribution < 1.29 is 4.39 Å². The average molecular weight is 306 g/mol. The van der Waals surface area contributed by atoms with E-state index in [1.165, 1.54) is 17.2 Å². The highest BCUT2D eigenvalue weighted by Gasteiger charge is 2.32. The Hall–Kier alpha value is -1.19. The number of halogens is 2. The molecule has 0 aliphatic heterocycles. The summed E-state index contributed by atoms with van der Waals surface area (Å²) in [6.07, 6.45) is 0.934. The van der Waals surface area contributed by atoms with Gasteiger partial charge in [0.15, 0.2) is 0 Å². The van der Waals surface area contributed by atoms with Crippen LogP contribution < -0.4 is 5.73 Å². The van der Waals surface area contributed by atoms with Crippen molar-refractivity contribution in [2.24, 2.45) is 5.73 Å². The molecular formula is C15H13BrFN. The molecule has 2 N–H and O–H groups in total. The summed E-state index contributed by atoms with van der Waals surface area (Å²) >= 11 is 3.36. The highest BCUT2D eigenvalue weighted by Crippen LogP contribution is 2.43. The monoisotopic (exact) mass is 305 g/mol. The van der Waals surface area contributed by atoms with Crippen molar-refractivity contribution in [2.45, 2.75) is 18.4 Å². The third-order valence-corrected chi connectivity index (χ3v) is 4.14. The maximum atomic E-state index is 13.8. The molecule has 18 heavy (non-hydrogen) atoms. The van der Waals surface area contributed by atoms with Gasteiger partial charge in [-0.15, -0.1) is 0 Å². The second kappa shape index (κ2) is 4.48. The van der Waals surface area contributed by atoms with E-state index in [-0.39, 0.29) is 17.8 Å². The van der Waals surface area contributed by atoms with Gasteiger partial charge in [0.1, 0.15) is 5.82 Å². The van der Waals surface area contributed by atoms with Crippen LogP contribution in [0, 0.1) is 5.82 Å². The first kappa shape index (κ1) is 11.9. The summed E-state index contributed by atoms with van der Waals surface area (Å²) in [5.74, 6) is 0.0000751. The van der Waals surface area contributed by atoms with Crippen LogP contribution in [0.4, 0.5) is 4.39 Å². The number of rotatable bonds is 2. The first-order chi connectivity index (χ1) is 8.66. The van der Waals surface area contributed by atoms with E-state index in [0.29, 0.717) is 5.56 Å². The predicted molar refractivity (Wildman–Crippen MR) is 73.9 cm³/mol. The van der Waals surface area contributed by atoms with Gasteiger partial charge in [0.25, 0.3) is 0 Å². The Bertz CT molecular complexity index is 597. The average Bonchev–Trinajstić information content (AvgIpc) is 2.33. The fourth-order valence-corrected chi connectivity index (χ4v) is 2.98. The highest BCUT2D eigenvalue weighted by molar-refractivity contribution is 9.10. The zero-order chi connectivity index (χ0) is 12.7. The van der Waals surface area contributed by atoms with Gasteiger partial charge >= 0.3 is 0 Å². The molecule has 1 nitrogen and oxygen atoms in total. The summed E-state index contributed by atoms with van der Waals surface area (Å²) in [5, 5.41) is 0. The van der Waals surface area contributed by atoms with E-state index in [4.69, 9.17) is 5.73 Å². The number of hydrogen-bond donors (Lipinski definition) is 1. The molecule has 0 saturated carbocycles. The van der Waals surface area contributed by atoms with Gasteiger partial charge in [-0.25, -0.2) is 4.39 Å². The third-order valence-electron chi connectivity index (χ3n) is 3.65. The fourth-order valence-electron chi connectivity index (χ4n) is 2.60. The minimum atomic E-state index is -0.280. The topological polar surface area (TPSA) is 26.0 Å². The van der Waals surface area contributed by atoms with Crippen LogP contribution in [0.5, 0.6) is 0 Å². The van der Waals surface area contributed by atoms with Gasteiger partial charge in [-0.05, 0) is 35.7 Å². The van der Waals surface area contributed by atoms with Crippen molar-refractivity contribution in [3.05, 3.63) is 69.4 Å². The second-order valence-electron chi connectivity index (χ2n) is 4.70. The van der Waals surface area contributed by atoms with Crippen LogP contribution in [0.1, 0.15) is 28.7 Å². The minimum Gasteiger partial charge on any atom is -0.323 e. The Balaban J connectivity index is 1.93. The number of benzene rings is 2. The van der Waals surface area contributed by atoms with Crippen LogP contribution in [-0.4, -0.2) is 0 Å². The Morgan fingerprint density at radius 3 is 2.78 bits per heavy atom. The molecule has 0 bridgehead atoms. The summed E-state index contributed by atoms with van der Waals surface area (Å²) < 4.78 is 14.7. The molecule has 0 spiro atoms. The lowest BCUT2D eigenvalue weighted by atomic mass is 9.72. The molecule has 92 valence electrons. The van der Waals surface area contributed by atoms with Crippen LogP contribution in [0.15, 0.2) is 46.9 Å². The van der Waals surface area contributed by atoms with E-state index in [1.54, 1.807) is 12.1 Å². The number of nitrogens with two attached hydrogens (primary N) is 1. The normalized spacial score (nSPS) is 18.9. The van der Waals surface area contributed by atoms with Crippen molar-refractivity contribution in [3.63, 3.8) is 0 Å². The molecular weight excluding hydrogens is 293 g/mol. The van der Waals surface area contributed by atoms with E-state index < -0.39 is 0 Å². The SMILES string of the molecule is NC(c1cc(Br)ccc1F)C1Cc2ccccc21. The molecule has 1 aliphatic carbocycles. The van der Waals surface area contributed by atoms with Gasteiger partial charge in [0.2, 0.25) is 0 Å². The highest BCUT2D eigenvalue weighted by atomic mass is 79.9. The molecule has 3 heteroatoms. The first-order valence-corrected chi connectivity index (χ1v) is 6.74. The molecule has 3 rings (SSSR count). The van der Waals surface area contributed by atoms with E-state index >= 15 is 0 Å². The van der Waals surface area contributed by atoms with Crippen LogP contribution in [0.25, 0.3) is 0 Å². The van der Waals surface area contributed by atoms with Gasteiger partial charge in [-0.2, -0.15) is 0 Å². The van der Waals surface area contributed by atoms with Crippen LogP contribution in [-0.2, 0) is 6.42 Å². The summed E-state index contributed by atoms with van der Waals surface area (Å²) in [6.45, 7) is 0. The Morgan fingerprint density at radius 2 is 2.00 bits per heavy atom. The first-order valence-electron chi connectivity index (χ1n) is 5.95. The van der Waals surface area contributed by atoms with Crippen LogP contribution in [0.2, 0.25) is 0 Å². The van der Waals surface area contributed by atoms with Gasteiger partial charge in [0.05, 0.1) is 0 Å². The molecule has 0 fully saturated rings. The Morgan fingerprint density at radius 1 is 1.22 bits per heavy atom. The standard InChI is InChI=1S/C15H13BrFN/c16-10-5-6-14(17)13(8-10)15(18)12-7-9-3-1-2-4-11(9)12/h1-6,8,12,15H,7,18H2. The predicted octanol–water partition coefficient (Wildman–Crippen LogP) is 3.93. The van der Waals surface area contributed by atoms with Crippen molar-refractivity contribution in [3.8, 4) is 0 Å². The van der Waals surface area contributed by atoms with Gasteiger partial charge in [-0.3, -0.25) is 0 Å². The lowest BCUT2D eigenvalue weighted by Crippen LogP contribution is -2.29. The summed E-state index contributed by atoms with van der Waals surface area (Å²) in [5.41, 5.74) is 9.39. The second-order valence-corrected chi connectivity index (χ2v) is 5.62. The Labute approximate surface area is 114 Å². The largest absolute Gasteiger partial charge is 0.323 e. The van der Waals surface area contributed by atoms with Crippen molar-refractivity contribution in [1.29, 1.82) is 0 Å². The molecule has 0 saturated heterocycles. The molecule has 1 aliphatic rings. The minimum absolute atomic E-state index is 0.227. The lowest BCUT2D eigenvalue weighted by Gasteiger charge is -2.35. The van der Waals surface area contributed by atoms with E-state index in [2.05, 4.69) is 28.1 Å². The third kappa shape index (κ3) is 1.88. The molecule has 2 atom stereocenters. The van der Waals surface area contributed by atoms with Gasteiger partial charge < -0.3 is 5.73 Å². The summed E-state index contributed by atoms with van der Waals surface area (Å²) in [4.78, 5) is 0. The molecule has 0 heterocycles. The smallest absolute Gasteiger partial charge is 0.128 e. The van der Waals surface area contributed by atoms with Crippen LogP contribution >= 0.6 is 15.9 Å². The lowest BCUT2D eigenvalue weighted by molar-refractivity contribution is 0.476. The van der Waals surface area contributed by atoms with Gasteiger partial charge in [0, 0.05) is 22.0 Å². The Kier molecular flexibility index (Phi) is 2.96. The molecule has 2 unspecified atom stereocenters. The van der Waals surface area contributed by atoms with E-state index in [1.807, 2.05) is 12.1 Å². The molecule has 2 aromatic rings. The maximum Gasteiger partial charge on any atom is 0.128 e. The molecule has 0 amide bonds. The maximum absolute atomic E-state index is 13.8. The zero-order valence-corrected chi connectivity index (χ0v) is 11.3. The zero-order valence-electron chi connectivity index (χ0n) is 9.74. The summed E-state index contributed by atoms with van der Waals surface area (Å²) in [6, 6.07) is 12.9. The fraction of sp³-hybridized carbons (Fsp3) is 0.200.